The molecule has 4 saturated heterocycles. The molecule has 51 heavy (non-hydrogen) atoms. The Hall–Kier alpha value is -4.17. The van der Waals surface area contributed by atoms with Crippen molar-refractivity contribution >= 4 is 50.8 Å². The highest BCUT2D eigenvalue weighted by Crippen LogP contribution is 2.40. The fourth-order valence-electron chi connectivity index (χ4n) is 8.19. The van der Waals surface area contributed by atoms with Gasteiger partial charge in [-0.3, -0.25) is 19.6 Å². The van der Waals surface area contributed by atoms with E-state index in [4.69, 9.17) is 31.8 Å². The van der Waals surface area contributed by atoms with E-state index in [1.54, 1.807) is 24.4 Å². The largest absolute Gasteiger partial charge is 0.461 e. The van der Waals surface area contributed by atoms with Crippen LogP contribution in [0.3, 0.4) is 0 Å². The molecule has 0 aliphatic carbocycles. The molecule has 0 bridgehead atoms. The van der Waals surface area contributed by atoms with E-state index in [1.807, 2.05) is 35.1 Å². The Morgan fingerprint density at radius 2 is 1.92 bits per heavy atom. The van der Waals surface area contributed by atoms with E-state index in [1.165, 1.54) is 0 Å². The summed E-state index contributed by atoms with van der Waals surface area (Å²) in [7, 11) is 1.92. The highest BCUT2D eigenvalue weighted by molar-refractivity contribution is 6.36. The molecular weight excluding hydrogens is 673 g/mol. The van der Waals surface area contributed by atoms with E-state index in [-0.39, 0.29) is 46.1 Å². The van der Waals surface area contributed by atoms with Crippen molar-refractivity contribution in [2.24, 2.45) is 5.92 Å². The minimum Gasteiger partial charge on any atom is -0.461 e. The number of likely N-dealkylation sites (tertiary alicyclic amines) is 1. The van der Waals surface area contributed by atoms with Crippen molar-refractivity contribution in [2.75, 3.05) is 89.9 Å². The third kappa shape index (κ3) is 6.68. The molecule has 0 spiro atoms. The van der Waals surface area contributed by atoms with Gasteiger partial charge in [0.25, 0.3) is 0 Å². The number of morpholine rings is 1. The zero-order valence-electron chi connectivity index (χ0n) is 28.9. The number of amides is 1. The van der Waals surface area contributed by atoms with Gasteiger partial charge in [-0.15, -0.1) is 0 Å². The molecule has 7 heterocycles. The molecule has 3 aromatic heterocycles. The Kier molecular flexibility index (Phi) is 9.38. The van der Waals surface area contributed by atoms with Crippen LogP contribution in [0.15, 0.2) is 42.6 Å². The maximum Gasteiger partial charge on any atom is 0.319 e. The topological polar surface area (TPSA) is 126 Å². The molecule has 1 amide bonds. The van der Waals surface area contributed by atoms with Gasteiger partial charge in [0.05, 0.1) is 29.2 Å². The fourth-order valence-corrected chi connectivity index (χ4v) is 8.46. The number of carbonyl (C=O) groups excluding carboxylic acids is 1. The van der Waals surface area contributed by atoms with Crippen molar-refractivity contribution in [1.82, 2.24) is 34.6 Å². The lowest BCUT2D eigenvalue weighted by molar-refractivity contribution is -0.131. The molecule has 0 radical (unpaired) electrons. The van der Waals surface area contributed by atoms with Crippen LogP contribution in [0.4, 0.5) is 16.0 Å². The number of nitrogens with zero attached hydrogens (tertiary/aromatic N) is 8. The number of pyridine rings is 2. The van der Waals surface area contributed by atoms with Gasteiger partial charge in [-0.1, -0.05) is 29.8 Å². The Morgan fingerprint density at radius 3 is 2.71 bits per heavy atom. The van der Waals surface area contributed by atoms with Crippen LogP contribution < -0.4 is 15.4 Å². The third-order valence-corrected chi connectivity index (χ3v) is 11.2. The van der Waals surface area contributed by atoms with Crippen LogP contribution in [0, 0.1) is 11.7 Å². The number of ether oxygens (including phenoxy) is 2. The molecule has 268 valence electrons. The summed E-state index contributed by atoms with van der Waals surface area (Å²) in [5.41, 5.74) is 6.45. The van der Waals surface area contributed by atoms with Crippen molar-refractivity contribution in [3.63, 3.8) is 0 Å². The summed E-state index contributed by atoms with van der Waals surface area (Å²) in [6.07, 6.45) is 9.57. The lowest BCUT2D eigenvalue weighted by Crippen LogP contribution is -2.53. The number of hydrogen-bond donors (Lipinski definition) is 1. The second kappa shape index (κ2) is 14.1. The summed E-state index contributed by atoms with van der Waals surface area (Å²) >= 11 is 6.61. The molecule has 1 aromatic carbocycles. The van der Waals surface area contributed by atoms with E-state index in [0.717, 1.165) is 77.0 Å². The second-order valence-corrected chi connectivity index (χ2v) is 14.7. The molecular formula is C37H43ClFN9O3. The number of nitrogen functional groups attached to an aromatic ring is 1. The van der Waals surface area contributed by atoms with Crippen LogP contribution in [0.1, 0.15) is 25.7 Å². The van der Waals surface area contributed by atoms with Gasteiger partial charge in [0.1, 0.15) is 35.1 Å². The first-order valence-corrected chi connectivity index (χ1v) is 18.2. The molecule has 4 aliphatic heterocycles. The quantitative estimate of drug-likeness (QED) is 0.235. The van der Waals surface area contributed by atoms with Crippen LogP contribution in [0.25, 0.3) is 33.1 Å². The SMILES string of the molecule is CN(CC1CN(C(=O)/C=C/CN2CCOCC2)C1)c1nc(OCC23CCCN2CCC3)nc2c(F)c(-c3nc(N)cc4cccc(Cl)c34)ncc12. The zero-order valence-corrected chi connectivity index (χ0v) is 29.6. The Bertz CT molecular complexity index is 1970. The molecule has 12 nitrogen and oxygen atoms in total. The standard InChI is InChI=1S/C37H43ClFN9O3/c1-45(20-24-21-47(22-24)29(49)8-3-11-46-14-16-50-17-15-46)35-26-19-41-34(33-30-25(18-28(40)42-33)6-2-7-27(30)38)31(39)32(26)43-36(44-35)51-23-37-9-4-12-48(37)13-5-10-37/h2-3,6-8,18-19,24H,4-5,9-17,20-23H2,1H3,(H2,40,42)/b8-3+. The van der Waals surface area contributed by atoms with E-state index in [0.29, 0.717) is 47.9 Å². The molecule has 0 saturated carbocycles. The van der Waals surface area contributed by atoms with E-state index < -0.39 is 5.82 Å². The van der Waals surface area contributed by atoms with Gasteiger partial charge in [-0.2, -0.15) is 9.97 Å². The lowest BCUT2D eigenvalue weighted by Gasteiger charge is -2.40. The van der Waals surface area contributed by atoms with Crippen molar-refractivity contribution in [3.8, 4) is 17.4 Å². The fraction of sp³-hybridized carbons (Fsp3) is 0.486. The Labute approximate surface area is 301 Å². The third-order valence-electron chi connectivity index (χ3n) is 10.9. The monoisotopic (exact) mass is 715 g/mol. The average Bonchev–Trinajstić information content (AvgIpc) is 3.69. The van der Waals surface area contributed by atoms with Crippen LogP contribution >= 0.6 is 11.6 Å². The van der Waals surface area contributed by atoms with Crippen molar-refractivity contribution < 1.29 is 18.7 Å². The van der Waals surface area contributed by atoms with E-state index in [2.05, 4.69) is 24.8 Å². The molecule has 0 unspecified atom stereocenters. The van der Waals surface area contributed by atoms with Gasteiger partial charge in [-0.05, 0) is 56.3 Å². The second-order valence-electron chi connectivity index (χ2n) is 14.3. The summed E-state index contributed by atoms with van der Waals surface area (Å²) in [5, 5.41) is 2.16. The predicted octanol–water partition coefficient (Wildman–Crippen LogP) is 4.40. The van der Waals surface area contributed by atoms with Gasteiger partial charge in [0, 0.05) is 69.9 Å². The summed E-state index contributed by atoms with van der Waals surface area (Å²) in [6.45, 7) is 8.38. The van der Waals surface area contributed by atoms with Crippen LogP contribution in [-0.2, 0) is 9.53 Å². The average molecular weight is 716 g/mol. The van der Waals surface area contributed by atoms with Gasteiger partial charge in [0.15, 0.2) is 5.82 Å². The summed E-state index contributed by atoms with van der Waals surface area (Å²) in [4.78, 5) is 40.0. The molecule has 2 N–H and O–H groups in total. The van der Waals surface area contributed by atoms with Crippen LogP contribution in [0.5, 0.6) is 6.01 Å². The minimum absolute atomic E-state index is 0.00247. The van der Waals surface area contributed by atoms with Gasteiger partial charge in [-0.25, -0.2) is 9.37 Å². The summed E-state index contributed by atoms with van der Waals surface area (Å²) in [6, 6.07) is 7.22. The highest BCUT2D eigenvalue weighted by atomic mass is 35.5. The molecule has 4 aromatic rings. The summed E-state index contributed by atoms with van der Waals surface area (Å²) < 4.78 is 28.6. The lowest BCUT2D eigenvalue weighted by atomic mass is 9.95. The number of aromatic nitrogens is 4. The van der Waals surface area contributed by atoms with Crippen molar-refractivity contribution in [1.29, 1.82) is 0 Å². The molecule has 0 atom stereocenters. The molecule has 8 rings (SSSR count). The number of halogens is 2. The summed E-state index contributed by atoms with van der Waals surface area (Å²) in [5.74, 6) is 0.315. The first-order valence-electron chi connectivity index (χ1n) is 17.8. The van der Waals surface area contributed by atoms with Crippen LogP contribution in [0.2, 0.25) is 5.02 Å². The Balaban J connectivity index is 1.06. The van der Waals surface area contributed by atoms with Gasteiger partial charge < -0.3 is 25.0 Å². The minimum atomic E-state index is -0.653. The van der Waals surface area contributed by atoms with Crippen molar-refractivity contribution in [3.05, 3.63) is 53.5 Å². The smallest absolute Gasteiger partial charge is 0.319 e. The predicted molar refractivity (Wildman–Crippen MR) is 195 cm³/mol. The van der Waals surface area contributed by atoms with Crippen LogP contribution in [-0.4, -0.2) is 125 Å². The Morgan fingerprint density at radius 1 is 1.14 bits per heavy atom. The first-order chi connectivity index (χ1) is 24.8. The number of hydrogen-bond acceptors (Lipinski definition) is 11. The van der Waals surface area contributed by atoms with Gasteiger partial charge in [0.2, 0.25) is 5.91 Å². The zero-order chi connectivity index (χ0) is 35.1. The first kappa shape index (κ1) is 33.9. The maximum atomic E-state index is 16.8. The number of carbonyl (C=O) groups is 1. The van der Waals surface area contributed by atoms with E-state index >= 15 is 4.39 Å². The normalized spacial score (nSPS) is 19.6. The number of benzene rings is 1. The molecule has 4 fully saturated rings. The van der Waals surface area contributed by atoms with Gasteiger partial charge >= 0.3 is 6.01 Å². The number of anilines is 2. The maximum absolute atomic E-state index is 16.8. The number of rotatable bonds is 10. The van der Waals surface area contributed by atoms with Crippen molar-refractivity contribution in [2.45, 2.75) is 31.2 Å². The van der Waals surface area contributed by atoms with E-state index in [9.17, 15) is 4.79 Å². The molecule has 14 heteroatoms. The number of nitrogens with two attached hydrogens (primary N) is 1. The highest BCUT2D eigenvalue weighted by Gasteiger charge is 2.45. The number of fused-ring (bicyclic) bond motifs is 3. The molecule has 4 aliphatic rings.